The predicted molar refractivity (Wildman–Crippen MR) is 68.7 cm³/mol. The summed E-state index contributed by atoms with van der Waals surface area (Å²) in [6.45, 7) is -3.13. The van der Waals surface area contributed by atoms with E-state index in [9.17, 15) is 27.5 Å². The maximum Gasteiger partial charge on any atom is 0.387 e. The summed E-state index contributed by atoms with van der Waals surface area (Å²) in [6.07, 6.45) is 1.62. The van der Waals surface area contributed by atoms with Crippen molar-refractivity contribution in [1.29, 1.82) is 0 Å². The number of hydrogen-bond acceptors (Lipinski definition) is 3. The van der Waals surface area contributed by atoms with Crippen molar-refractivity contribution < 1.29 is 32.2 Å². The van der Waals surface area contributed by atoms with Gasteiger partial charge in [0.1, 0.15) is 22.9 Å². The highest BCUT2D eigenvalue weighted by Gasteiger charge is 2.27. The number of aliphatic hydroxyl groups is 1. The number of hydrogen-bond donors (Lipinski definition) is 2. The van der Waals surface area contributed by atoms with E-state index in [1.807, 2.05) is 0 Å². The van der Waals surface area contributed by atoms with Gasteiger partial charge in [-0.3, -0.25) is 4.79 Å². The summed E-state index contributed by atoms with van der Waals surface area (Å²) in [5.74, 6) is -4.44. The molecule has 0 bridgehead atoms. The fourth-order valence-electron chi connectivity index (χ4n) is 2.51. The van der Waals surface area contributed by atoms with E-state index in [0.29, 0.717) is 25.0 Å². The number of alkyl halides is 2. The van der Waals surface area contributed by atoms with Crippen molar-refractivity contribution in [2.45, 2.75) is 32.0 Å². The van der Waals surface area contributed by atoms with Crippen LogP contribution in [0.4, 0.5) is 17.6 Å². The van der Waals surface area contributed by atoms with E-state index < -0.39 is 41.6 Å². The minimum Gasteiger partial charge on any atom is -0.435 e. The van der Waals surface area contributed by atoms with E-state index in [4.69, 9.17) is 0 Å². The largest absolute Gasteiger partial charge is 0.435 e. The van der Waals surface area contributed by atoms with Gasteiger partial charge in [-0.05, 0) is 12.8 Å². The number of halogens is 4. The lowest BCUT2D eigenvalue weighted by molar-refractivity contribution is -0.0501. The molecular formula is C14H15F4NO3. The lowest BCUT2D eigenvalue weighted by Gasteiger charge is -2.15. The molecule has 1 saturated carbocycles. The van der Waals surface area contributed by atoms with Gasteiger partial charge in [0, 0.05) is 24.6 Å². The van der Waals surface area contributed by atoms with Gasteiger partial charge < -0.3 is 15.2 Å². The molecule has 2 N–H and O–H groups in total. The second-order valence-electron chi connectivity index (χ2n) is 5.11. The topological polar surface area (TPSA) is 58.6 Å². The molecule has 22 heavy (non-hydrogen) atoms. The molecular weight excluding hydrogens is 306 g/mol. The van der Waals surface area contributed by atoms with Crippen molar-refractivity contribution in [3.05, 3.63) is 29.3 Å². The van der Waals surface area contributed by atoms with Crippen LogP contribution in [0, 0.1) is 17.6 Å². The van der Waals surface area contributed by atoms with Crippen LogP contribution >= 0.6 is 0 Å². The second-order valence-corrected chi connectivity index (χ2v) is 5.11. The molecule has 122 valence electrons. The first-order valence-corrected chi connectivity index (χ1v) is 6.78. The van der Waals surface area contributed by atoms with Gasteiger partial charge in [0.2, 0.25) is 0 Å². The summed E-state index contributed by atoms with van der Waals surface area (Å²) in [5, 5.41) is 12.0. The van der Waals surface area contributed by atoms with Gasteiger partial charge in [0.15, 0.2) is 0 Å². The number of rotatable bonds is 5. The summed E-state index contributed by atoms with van der Waals surface area (Å²) in [7, 11) is 0. The van der Waals surface area contributed by atoms with Crippen LogP contribution < -0.4 is 10.1 Å². The molecule has 8 heteroatoms. The van der Waals surface area contributed by atoms with Crippen LogP contribution in [0.5, 0.6) is 5.75 Å². The van der Waals surface area contributed by atoms with Gasteiger partial charge in [-0.1, -0.05) is 6.42 Å². The van der Waals surface area contributed by atoms with Gasteiger partial charge in [-0.2, -0.15) is 8.78 Å². The molecule has 1 aromatic carbocycles. The van der Waals surface area contributed by atoms with E-state index in [1.165, 1.54) is 0 Å². The van der Waals surface area contributed by atoms with Crippen LogP contribution in [0.25, 0.3) is 0 Å². The Morgan fingerprint density at radius 3 is 2.45 bits per heavy atom. The molecule has 0 aromatic heterocycles. The summed E-state index contributed by atoms with van der Waals surface area (Å²) in [6, 6.07) is 1.04. The fraction of sp³-hybridized carbons (Fsp3) is 0.500. The average Bonchev–Trinajstić information content (AvgIpc) is 2.80. The third kappa shape index (κ3) is 3.88. The van der Waals surface area contributed by atoms with Crippen LogP contribution in [0.2, 0.25) is 0 Å². The molecule has 1 aromatic rings. The third-order valence-electron chi connectivity index (χ3n) is 3.61. The van der Waals surface area contributed by atoms with Crippen molar-refractivity contribution >= 4 is 5.91 Å². The molecule has 1 aliphatic rings. The van der Waals surface area contributed by atoms with E-state index in [2.05, 4.69) is 10.1 Å². The van der Waals surface area contributed by atoms with Crippen molar-refractivity contribution in [2.24, 2.45) is 5.92 Å². The average molecular weight is 321 g/mol. The molecule has 1 amide bonds. The SMILES string of the molecule is O=C(NCC1CCCC1O)c1c(F)cc(OC(F)F)cc1F. The Balaban J connectivity index is 2.05. The van der Waals surface area contributed by atoms with Gasteiger partial charge in [-0.15, -0.1) is 0 Å². The van der Waals surface area contributed by atoms with Crippen LogP contribution in [0.1, 0.15) is 29.6 Å². The maximum atomic E-state index is 13.7. The highest BCUT2D eigenvalue weighted by molar-refractivity contribution is 5.94. The van der Waals surface area contributed by atoms with E-state index >= 15 is 0 Å². The Morgan fingerprint density at radius 2 is 1.95 bits per heavy atom. The van der Waals surface area contributed by atoms with Gasteiger partial charge in [0.25, 0.3) is 5.91 Å². The number of ether oxygens (including phenoxy) is 1. The molecule has 2 rings (SSSR count). The highest BCUT2D eigenvalue weighted by Crippen LogP contribution is 2.25. The first kappa shape index (κ1) is 16.5. The number of benzene rings is 1. The Bertz CT molecular complexity index is 530. The van der Waals surface area contributed by atoms with E-state index in [0.717, 1.165) is 6.42 Å². The summed E-state index contributed by atoms with van der Waals surface area (Å²) in [5.41, 5.74) is -0.867. The van der Waals surface area contributed by atoms with Crippen LogP contribution in [-0.2, 0) is 0 Å². The molecule has 0 radical (unpaired) electrons. The zero-order chi connectivity index (χ0) is 16.3. The van der Waals surface area contributed by atoms with Crippen LogP contribution in [0.15, 0.2) is 12.1 Å². The second kappa shape index (κ2) is 6.95. The van der Waals surface area contributed by atoms with E-state index in [1.54, 1.807) is 0 Å². The minimum absolute atomic E-state index is 0.0914. The van der Waals surface area contributed by atoms with Crippen molar-refractivity contribution in [2.75, 3.05) is 6.54 Å². The Morgan fingerprint density at radius 1 is 1.32 bits per heavy atom. The first-order valence-electron chi connectivity index (χ1n) is 6.78. The Kier molecular flexibility index (Phi) is 5.23. The van der Waals surface area contributed by atoms with Crippen molar-refractivity contribution in [3.63, 3.8) is 0 Å². The number of carbonyl (C=O) groups is 1. The van der Waals surface area contributed by atoms with Crippen molar-refractivity contribution in [1.82, 2.24) is 5.32 Å². The lowest BCUT2D eigenvalue weighted by Crippen LogP contribution is -2.33. The standard InChI is InChI=1S/C14H15F4NO3/c15-9-4-8(22-14(17)18)5-10(16)12(9)13(21)19-6-7-2-1-3-11(7)20/h4-5,7,11,14,20H,1-3,6H2,(H,19,21). The zero-order valence-electron chi connectivity index (χ0n) is 11.5. The van der Waals surface area contributed by atoms with Gasteiger partial charge in [-0.25, -0.2) is 8.78 Å². The molecule has 1 aliphatic carbocycles. The zero-order valence-corrected chi connectivity index (χ0v) is 11.5. The Labute approximate surface area is 124 Å². The normalized spacial score (nSPS) is 21.2. The lowest BCUT2D eigenvalue weighted by atomic mass is 10.1. The number of nitrogens with one attached hydrogen (secondary N) is 1. The highest BCUT2D eigenvalue weighted by atomic mass is 19.3. The van der Waals surface area contributed by atoms with Crippen LogP contribution in [0.3, 0.4) is 0 Å². The Hall–Kier alpha value is -1.83. The quantitative estimate of drug-likeness (QED) is 0.819. The number of carbonyl (C=O) groups excluding carboxylic acids is 1. The summed E-state index contributed by atoms with van der Waals surface area (Å²) >= 11 is 0. The number of amides is 1. The van der Waals surface area contributed by atoms with Gasteiger partial charge >= 0.3 is 6.61 Å². The molecule has 2 atom stereocenters. The van der Waals surface area contributed by atoms with E-state index in [-0.39, 0.29) is 12.5 Å². The molecule has 0 heterocycles. The first-order chi connectivity index (χ1) is 10.4. The summed E-state index contributed by atoms with van der Waals surface area (Å²) in [4.78, 5) is 11.8. The smallest absolute Gasteiger partial charge is 0.387 e. The minimum atomic E-state index is -3.22. The summed E-state index contributed by atoms with van der Waals surface area (Å²) < 4.78 is 55.3. The predicted octanol–water partition coefficient (Wildman–Crippen LogP) is 2.46. The third-order valence-corrected chi connectivity index (χ3v) is 3.61. The molecule has 2 unspecified atom stereocenters. The molecule has 4 nitrogen and oxygen atoms in total. The number of aliphatic hydroxyl groups excluding tert-OH is 1. The molecule has 0 aliphatic heterocycles. The maximum absolute atomic E-state index is 13.7. The molecule has 0 spiro atoms. The van der Waals surface area contributed by atoms with Crippen molar-refractivity contribution in [3.8, 4) is 5.75 Å². The molecule has 1 fully saturated rings. The monoisotopic (exact) mass is 321 g/mol. The fourth-order valence-corrected chi connectivity index (χ4v) is 2.51. The van der Waals surface area contributed by atoms with Crippen LogP contribution in [-0.4, -0.2) is 30.3 Å². The molecule has 0 saturated heterocycles. The van der Waals surface area contributed by atoms with Gasteiger partial charge in [0.05, 0.1) is 6.10 Å².